The number of aryl methyl sites for hydroxylation is 1. The maximum atomic E-state index is 9.77. The van der Waals surface area contributed by atoms with Gasteiger partial charge in [-0.1, -0.05) is 12.5 Å². The molecule has 0 spiro atoms. The predicted octanol–water partition coefficient (Wildman–Crippen LogP) is 2.84. The first-order valence-corrected chi connectivity index (χ1v) is 5.94. The number of aliphatic hydroxyl groups is 1. The minimum absolute atomic E-state index is 0.0455. The highest BCUT2D eigenvalue weighted by Crippen LogP contribution is 2.31. The quantitative estimate of drug-likeness (QED) is 0.785. The number of rotatable bonds is 4. The van der Waals surface area contributed by atoms with E-state index in [1.807, 2.05) is 0 Å². The van der Waals surface area contributed by atoms with E-state index in [9.17, 15) is 5.11 Å². The van der Waals surface area contributed by atoms with Crippen LogP contribution in [0.1, 0.15) is 30.6 Å². The van der Waals surface area contributed by atoms with Crippen LogP contribution in [-0.2, 0) is 6.42 Å². The number of thiophene rings is 1. The molecule has 0 aliphatic heterocycles. The van der Waals surface area contributed by atoms with E-state index in [0.717, 1.165) is 12.8 Å². The van der Waals surface area contributed by atoms with E-state index in [1.54, 1.807) is 11.3 Å². The highest BCUT2D eigenvalue weighted by atomic mass is 32.1. The predicted molar refractivity (Wildman–Crippen MR) is 56.0 cm³/mol. The van der Waals surface area contributed by atoms with E-state index in [-0.39, 0.29) is 6.10 Å². The van der Waals surface area contributed by atoms with Crippen LogP contribution in [0.2, 0.25) is 0 Å². The SMILES string of the molecule is OC(CCc1cccs1)C1CCC1. The van der Waals surface area contributed by atoms with Crippen molar-refractivity contribution in [2.75, 3.05) is 0 Å². The van der Waals surface area contributed by atoms with Crippen LogP contribution in [0.5, 0.6) is 0 Å². The number of hydrogen-bond acceptors (Lipinski definition) is 2. The Morgan fingerprint density at radius 1 is 1.54 bits per heavy atom. The van der Waals surface area contributed by atoms with Crippen molar-refractivity contribution >= 4 is 11.3 Å². The standard InChI is InChI=1S/C11H16OS/c12-11(9-3-1-4-9)7-6-10-5-2-8-13-10/h2,5,8-9,11-12H,1,3-4,6-7H2. The molecule has 1 heterocycles. The zero-order chi connectivity index (χ0) is 9.10. The first kappa shape index (κ1) is 9.22. The smallest absolute Gasteiger partial charge is 0.0571 e. The minimum Gasteiger partial charge on any atom is -0.393 e. The summed E-state index contributed by atoms with van der Waals surface area (Å²) < 4.78 is 0. The molecule has 0 radical (unpaired) electrons. The molecule has 1 unspecified atom stereocenters. The molecule has 0 amide bonds. The van der Waals surface area contributed by atoms with Gasteiger partial charge in [0.1, 0.15) is 0 Å². The Balaban J connectivity index is 1.72. The lowest BCUT2D eigenvalue weighted by Gasteiger charge is -2.30. The third-order valence-corrected chi connectivity index (χ3v) is 3.90. The number of hydrogen-bond donors (Lipinski definition) is 1. The van der Waals surface area contributed by atoms with Crippen LogP contribution in [0.4, 0.5) is 0 Å². The van der Waals surface area contributed by atoms with Gasteiger partial charge < -0.3 is 5.11 Å². The monoisotopic (exact) mass is 196 g/mol. The summed E-state index contributed by atoms with van der Waals surface area (Å²) in [5.74, 6) is 0.611. The molecule has 0 bridgehead atoms. The third kappa shape index (κ3) is 2.32. The van der Waals surface area contributed by atoms with E-state index in [1.165, 1.54) is 24.1 Å². The fourth-order valence-electron chi connectivity index (χ4n) is 1.81. The molecule has 2 rings (SSSR count). The van der Waals surface area contributed by atoms with Gasteiger partial charge in [0.2, 0.25) is 0 Å². The zero-order valence-electron chi connectivity index (χ0n) is 7.78. The Morgan fingerprint density at radius 2 is 2.38 bits per heavy atom. The highest BCUT2D eigenvalue weighted by Gasteiger charge is 2.24. The second-order valence-electron chi connectivity index (χ2n) is 3.88. The minimum atomic E-state index is -0.0455. The molecule has 1 nitrogen and oxygen atoms in total. The summed E-state index contributed by atoms with van der Waals surface area (Å²) in [6.07, 6.45) is 5.76. The lowest BCUT2D eigenvalue weighted by Crippen LogP contribution is -2.26. The molecule has 0 saturated heterocycles. The van der Waals surface area contributed by atoms with Gasteiger partial charge in [-0.3, -0.25) is 0 Å². The van der Waals surface area contributed by atoms with E-state index >= 15 is 0 Å². The molecule has 1 aliphatic carbocycles. The van der Waals surface area contributed by atoms with Gasteiger partial charge in [0.25, 0.3) is 0 Å². The zero-order valence-corrected chi connectivity index (χ0v) is 8.59. The van der Waals surface area contributed by atoms with E-state index in [0.29, 0.717) is 5.92 Å². The Labute approximate surface area is 83.4 Å². The lowest BCUT2D eigenvalue weighted by atomic mass is 9.80. The van der Waals surface area contributed by atoms with Gasteiger partial charge in [0.15, 0.2) is 0 Å². The van der Waals surface area contributed by atoms with Gasteiger partial charge in [-0.05, 0) is 43.0 Å². The second-order valence-corrected chi connectivity index (χ2v) is 4.91. The average molecular weight is 196 g/mol. The van der Waals surface area contributed by atoms with Crippen LogP contribution in [-0.4, -0.2) is 11.2 Å². The summed E-state index contributed by atoms with van der Waals surface area (Å²) >= 11 is 1.79. The number of aliphatic hydroxyl groups excluding tert-OH is 1. The van der Waals surface area contributed by atoms with Crippen molar-refractivity contribution in [3.8, 4) is 0 Å². The van der Waals surface area contributed by atoms with Gasteiger partial charge in [-0.25, -0.2) is 0 Å². The van der Waals surface area contributed by atoms with Crippen molar-refractivity contribution < 1.29 is 5.11 Å². The topological polar surface area (TPSA) is 20.2 Å². The van der Waals surface area contributed by atoms with Crippen molar-refractivity contribution in [2.45, 2.75) is 38.2 Å². The Hall–Kier alpha value is -0.340. The molecule has 1 N–H and O–H groups in total. The molecule has 1 aliphatic rings. The normalized spacial score (nSPS) is 19.8. The summed E-state index contributed by atoms with van der Waals surface area (Å²) in [6.45, 7) is 0. The van der Waals surface area contributed by atoms with E-state index in [2.05, 4.69) is 17.5 Å². The Morgan fingerprint density at radius 3 is 2.92 bits per heavy atom. The Bertz CT molecular complexity index is 239. The maximum Gasteiger partial charge on any atom is 0.0571 e. The summed E-state index contributed by atoms with van der Waals surface area (Å²) in [6, 6.07) is 4.23. The first-order valence-electron chi connectivity index (χ1n) is 5.06. The van der Waals surface area contributed by atoms with Gasteiger partial charge in [0, 0.05) is 4.88 Å². The third-order valence-electron chi connectivity index (χ3n) is 2.96. The molecule has 2 heteroatoms. The maximum absolute atomic E-state index is 9.77. The van der Waals surface area contributed by atoms with Gasteiger partial charge in [-0.2, -0.15) is 0 Å². The molecule has 0 aromatic carbocycles. The molecular weight excluding hydrogens is 180 g/mol. The molecular formula is C11H16OS. The van der Waals surface area contributed by atoms with Crippen LogP contribution < -0.4 is 0 Å². The van der Waals surface area contributed by atoms with Gasteiger partial charge >= 0.3 is 0 Å². The van der Waals surface area contributed by atoms with Gasteiger partial charge in [-0.15, -0.1) is 11.3 Å². The van der Waals surface area contributed by atoms with Gasteiger partial charge in [0.05, 0.1) is 6.10 Å². The average Bonchev–Trinajstić information content (AvgIpc) is 2.49. The van der Waals surface area contributed by atoms with Crippen molar-refractivity contribution in [1.29, 1.82) is 0 Å². The molecule has 72 valence electrons. The fourth-order valence-corrected chi connectivity index (χ4v) is 2.53. The van der Waals surface area contributed by atoms with Crippen molar-refractivity contribution in [2.24, 2.45) is 5.92 Å². The first-order chi connectivity index (χ1) is 6.36. The van der Waals surface area contributed by atoms with Crippen molar-refractivity contribution in [3.63, 3.8) is 0 Å². The van der Waals surface area contributed by atoms with Crippen LogP contribution >= 0.6 is 11.3 Å². The van der Waals surface area contributed by atoms with Crippen LogP contribution in [0.25, 0.3) is 0 Å². The Kier molecular flexibility index (Phi) is 3.01. The highest BCUT2D eigenvalue weighted by molar-refractivity contribution is 7.09. The van der Waals surface area contributed by atoms with Crippen LogP contribution in [0.3, 0.4) is 0 Å². The summed E-state index contributed by atoms with van der Waals surface area (Å²) in [4.78, 5) is 1.40. The summed E-state index contributed by atoms with van der Waals surface area (Å²) in [5.41, 5.74) is 0. The lowest BCUT2D eigenvalue weighted by molar-refractivity contribution is 0.0562. The molecule has 13 heavy (non-hydrogen) atoms. The van der Waals surface area contributed by atoms with E-state index in [4.69, 9.17) is 0 Å². The van der Waals surface area contributed by atoms with E-state index < -0.39 is 0 Å². The molecule has 1 aromatic heterocycles. The largest absolute Gasteiger partial charge is 0.393 e. The van der Waals surface area contributed by atoms with Crippen molar-refractivity contribution in [1.82, 2.24) is 0 Å². The van der Waals surface area contributed by atoms with Crippen LogP contribution in [0.15, 0.2) is 17.5 Å². The summed E-state index contributed by atoms with van der Waals surface area (Å²) in [5, 5.41) is 11.9. The molecule has 1 atom stereocenters. The molecule has 1 saturated carbocycles. The second kappa shape index (κ2) is 4.25. The fraction of sp³-hybridized carbons (Fsp3) is 0.636. The molecule has 1 fully saturated rings. The van der Waals surface area contributed by atoms with Crippen molar-refractivity contribution in [3.05, 3.63) is 22.4 Å². The van der Waals surface area contributed by atoms with Crippen LogP contribution in [0, 0.1) is 5.92 Å². The molecule has 1 aromatic rings. The summed E-state index contributed by atoms with van der Waals surface area (Å²) in [7, 11) is 0.